The van der Waals surface area contributed by atoms with Crippen LogP contribution in [0.15, 0.2) is 53.4 Å². The normalized spacial score (nSPS) is 15.4. The quantitative estimate of drug-likeness (QED) is 0.246. The number of hydroxylamine groups is 1. The second kappa shape index (κ2) is 8.16. The molecule has 0 heterocycles. The molecule has 25 heavy (non-hydrogen) atoms. The van der Waals surface area contributed by atoms with E-state index in [1.807, 2.05) is 30.3 Å². The van der Waals surface area contributed by atoms with Crippen molar-refractivity contribution in [2.24, 2.45) is 0 Å². The van der Waals surface area contributed by atoms with Gasteiger partial charge in [-0.3, -0.25) is 10.1 Å². The molecule has 0 aromatic heterocycles. The van der Waals surface area contributed by atoms with Gasteiger partial charge in [-0.1, -0.05) is 43.2 Å². The van der Waals surface area contributed by atoms with Crippen molar-refractivity contribution in [3.8, 4) is 0 Å². The molecule has 0 atom stereocenters. The van der Waals surface area contributed by atoms with E-state index in [4.69, 9.17) is 0 Å². The Morgan fingerprint density at radius 2 is 1.80 bits per heavy atom. The summed E-state index contributed by atoms with van der Waals surface area (Å²) in [4.78, 5) is 11.6. The van der Waals surface area contributed by atoms with Crippen LogP contribution in [-0.2, 0) is 6.54 Å². The van der Waals surface area contributed by atoms with Gasteiger partial charge < -0.3 is 5.21 Å². The van der Waals surface area contributed by atoms with Gasteiger partial charge in [0.05, 0.1) is 10.5 Å². The third-order valence-corrected chi connectivity index (χ3v) is 5.69. The Balaban J connectivity index is 1.86. The van der Waals surface area contributed by atoms with E-state index in [-0.39, 0.29) is 12.2 Å². The van der Waals surface area contributed by atoms with E-state index in [1.54, 1.807) is 17.8 Å². The van der Waals surface area contributed by atoms with Crippen molar-refractivity contribution in [1.82, 2.24) is 0 Å². The summed E-state index contributed by atoms with van der Waals surface area (Å²) in [5, 5.41) is 23.9. The van der Waals surface area contributed by atoms with Gasteiger partial charge in [0.25, 0.3) is 5.69 Å². The van der Waals surface area contributed by atoms with Gasteiger partial charge in [0.1, 0.15) is 0 Å². The van der Waals surface area contributed by atoms with Gasteiger partial charge in [-0.25, -0.2) is 4.74 Å². The molecule has 0 saturated heterocycles. The van der Waals surface area contributed by atoms with Crippen molar-refractivity contribution in [1.29, 1.82) is 0 Å². The molecule has 1 saturated carbocycles. The highest BCUT2D eigenvalue weighted by atomic mass is 32.2. The van der Waals surface area contributed by atoms with Crippen molar-refractivity contribution in [3.63, 3.8) is 0 Å². The highest BCUT2D eigenvalue weighted by molar-refractivity contribution is 8.00. The summed E-state index contributed by atoms with van der Waals surface area (Å²) in [5.74, 6) is 0. The van der Waals surface area contributed by atoms with Gasteiger partial charge in [-0.05, 0) is 18.9 Å². The van der Waals surface area contributed by atoms with Crippen molar-refractivity contribution in [2.75, 3.05) is 0 Å². The Kier molecular flexibility index (Phi) is 5.71. The highest BCUT2D eigenvalue weighted by Crippen LogP contribution is 2.36. The van der Waals surface area contributed by atoms with Crippen molar-refractivity contribution < 1.29 is 9.66 Å². The summed E-state index contributed by atoms with van der Waals surface area (Å²) >= 11 is 1.73. The molecular weight excluding hydrogens is 336 g/mol. The predicted molar refractivity (Wildman–Crippen MR) is 100 cm³/mol. The first-order valence-corrected chi connectivity index (χ1v) is 9.27. The highest BCUT2D eigenvalue weighted by Gasteiger charge is 2.20. The molecule has 6 heteroatoms. The minimum Gasteiger partial charge on any atom is -0.624 e. The van der Waals surface area contributed by atoms with Crippen LogP contribution in [0.1, 0.15) is 36.8 Å². The largest absolute Gasteiger partial charge is 0.624 e. The Labute approximate surface area is 151 Å². The number of hydrogen-bond acceptors (Lipinski definition) is 4. The molecule has 0 N–H and O–H groups in total. The molecule has 1 aliphatic carbocycles. The van der Waals surface area contributed by atoms with Gasteiger partial charge >= 0.3 is 0 Å². The van der Waals surface area contributed by atoms with E-state index in [0.717, 1.165) is 28.0 Å². The first-order valence-electron chi connectivity index (χ1n) is 8.39. The Hall–Kier alpha value is -2.34. The molecule has 2 aromatic carbocycles. The molecule has 0 bridgehead atoms. The van der Waals surface area contributed by atoms with Gasteiger partial charge in [-0.2, -0.15) is 0 Å². The van der Waals surface area contributed by atoms with Gasteiger partial charge in [0.15, 0.2) is 12.8 Å². The number of nitrogens with zero attached hydrogens (tertiary/aromatic N) is 2. The SMILES string of the molecule is O=[N+]([O-])c1ccc(SC2CCCC2)c(C=[N+]([O-])Cc2ccccc2)c1. The van der Waals surface area contributed by atoms with Gasteiger partial charge in [0, 0.05) is 27.8 Å². The van der Waals surface area contributed by atoms with Crippen LogP contribution in [0.3, 0.4) is 0 Å². The molecule has 0 amide bonds. The molecule has 5 nitrogen and oxygen atoms in total. The van der Waals surface area contributed by atoms with Crippen LogP contribution in [0.2, 0.25) is 0 Å². The summed E-state index contributed by atoms with van der Waals surface area (Å²) < 4.78 is 0.840. The lowest BCUT2D eigenvalue weighted by Gasteiger charge is -2.11. The number of thioether (sulfide) groups is 1. The van der Waals surface area contributed by atoms with E-state index in [0.29, 0.717) is 10.8 Å². The summed E-state index contributed by atoms with van der Waals surface area (Å²) in [7, 11) is 0. The van der Waals surface area contributed by atoms with Gasteiger partial charge in [0.2, 0.25) is 0 Å². The molecule has 3 rings (SSSR count). The zero-order valence-electron chi connectivity index (χ0n) is 13.8. The maximum atomic E-state index is 12.3. The molecule has 0 unspecified atom stereocenters. The third kappa shape index (κ3) is 4.82. The van der Waals surface area contributed by atoms with Crippen LogP contribution in [0, 0.1) is 15.3 Å². The van der Waals surface area contributed by atoms with Crippen LogP contribution in [0.25, 0.3) is 0 Å². The summed E-state index contributed by atoms with van der Waals surface area (Å²) in [6.07, 6.45) is 6.24. The van der Waals surface area contributed by atoms with Crippen LogP contribution >= 0.6 is 11.8 Å². The molecule has 0 radical (unpaired) electrons. The topological polar surface area (TPSA) is 69.2 Å². The predicted octanol–water partition coefficient (Wildman–Crippen LogP) is 4.76. The monoisotopic (exact) mass is 356 g/mol. The van der Waals surface area contributed by atoms with E-state index in [9.17, 15) is 15.3 Å². The molecule has 1 aliphatic rings. The molecule has 1 fully saturated rings. The maximum Gasteiger partial charge on any atom is 0.270 e. The fraction of sp³-hybridized carbons (Fsp3) is 0.316. The van der Waals surface area contributed by atoms with Gasteiger partial charge in [-0.15, -0.1) is 11.8 Å². The fourth-order valence-corrected chi connectivity index (χ4v) is 4.33. The number of hydrogen-bond donors (Lipinski definition) is 0. The van der Waals surface area contributed by atoms with E-state index in [2.05, 4.69) is 0 Å². The first-order chi connectivity index (χ1) is 12.1. The number of benzene rings is 2. The van der Waals surface area contributed by atoms with Crippen LogP contribution in [0.5, 0.6) is 0 Å². The summed E-state index contributed by atoms with van der Waals surface area (Å²) in [6.45, 7) is 0.219. The van der Waals surface area contributed by atoms with E-state index < -0.39 is 4.92 Å². The average molecular weight is 356 g/mol. The summed E-state index contributed by atoms with van der Waals surface area (Å²) in [5.41, 5.74) is 1.54. The first kappa shape index (κ1) is 17.5. The lowest BCUT2D eigenvalue weighted by molar-refractivity contribution is -0.469. The van der Waals surface area contributed by atoms with Crippen LogP contribution < -0.4 is 0 Å². The zero-order chi connectivity index (χ0) is 17.6. The zero-order valence-corrected chi connectivity index (χ0v) is 14.7. The second-order valence-electron chi connectivity index (χ2n) is 6.19. The maximum absolute atomic E-state index is 12.3. The molecule has 0 spiro atoms. The number of nitro benzene ring substituents is 1. The Bertz CT molecular complexity index is 771. The van der Waals surface area contributed by atoms with Crippen molar-refractivity contribution in [2.45, 2.75) is 42.4 Å². The molecular formula is C19H20N2O3S. The minimum absolute atomic E-state index is 0.00938. The molecule has 130 valence electrons. The molecule has 2 aromatic rings. The number of non-ortho nitro benzene ring substituents is 1. The minimum atomic E-state index is -0.423. The lowest BCUT2D eigenvalue weighted by atomic mass is 10.2. The van der Waals surface area contributed by atoms with Crippen molar-refractivity contribution in [3.05, 3.63) is 75.0 Å². The second-order valence-corrected chi connectivity index (χ2v) is 7.54. The van der Waals surface area contributed by atoms with Crippen LogP contribution in [0.4, 0.5) is 5.69 Å². The lowest BCUT2D eigenvalue weighted by Crippen LogP contribution is -2.07. The number of rotatable bonds is 6. The fourth-order valence-electron chi connectivity index (χ4n) is 3.01. The van der Waals surface area contributed by atoms with Crippen LogP contribution in [-0.4, -0.2) is 21.1 Å². The third-order valence-electron chi connectivity index (χ3n) is 4.26. The Morgan fingerprint density at radius 3 is 2.48 bits per heavy atom. The standard InChI is InChI=1S/C19H20N2O3S/c22-20(13-15-6-2-1-3-7-15)14-16-12-17(21(23)24)10-11-19(16)25-18-8-4-5-9-18/h1-3,6-7,10-12,14,18H,4-5,8-9,13H2. The number of nitro groups is 1. The van der Waals surface area contributed by atoms with E-state index >= 15 is 0 Å². The van der Waals surface area contributed by atoms with E-state index in [1.165, 1.54) is 31.2 Å². The average Bonchev–Trinajstić information content (AvgIpc) is 3.10. The Morgan fingerprint density at radius 1 is 1.08 bits per heavy atom. The van der Waals surface area contributed by atoms with Crippen molar-refractivity contribution >= 4 is 23.7 Å². The smallest absolute Gasteiger partial charge is 0.270 e. The summed E-state index contributed by atoms with van der Waals surface area (Å²) in [6, 6.07) is 14.2. The molecule has 0 aliphatic heterocycles.